The Morgan fingerprint density at radius 1 is 1.07 bits per heavy atom. The van der Waals surface area contributed by atoms with E-state index in [1.54, 1.807) is 0 Å². The summed E-state index contributed by atoms with van der Waals surface area (Å²) in [5.74, 6) is 0.957. The number of thioether (sulfide) groups is 1. The van der Waals surface area contributed by atoms with Crippen LogP contribution in [0.4, 0.5) is 0 Å². The van der Waals surface area contributed by atoms with Crippen molar-refractivity contribution in [1.82, 2.24) is 5.32 Å². The highest BCUT2D eigenvalue weighted by molar-refractivity contribution is 8.16. The standard InChI is InChI=1S/C16H26N2O7S3/c1-27(20,21)24-7-5-16(6-8-25-28(2,22)23)14(19)18-15(26-16)17-13-10-11-3-4-12(13)9-11/h11-13H,3-10H2,1-2H3,(H,17,18,19). The maximum atomic E-state index is 12.7. The quantitative estimate of drug-likeness (QED) is 0.508. The third-order valence-corrected chi connectivity index (χ3v) is 8.09. The van der Waals surface area contributed by atoms with Gasteiger partial charge in [-0.25, -0.2) is 0 Å². The second kappa shape index (κ2) is 8.21. The van der Waals surface area contributed by atoms with Gasteiger partial charge in [-0.2, -0.15) is 16.8 Å². The SMILES string of the molecule is CS(=O)(=O)OCCC1(CCOS(C)(=O)=O)SC(=NC2CC3CCC2C3)NC1=O. The van der Waals surface area contributed by atoms with Gasteiger partial charge in [-0.05, 0) is 43.9 Å². The third-order valence-electron chi connectivity index (χ3n) is 5.52. The summed E-state index contributed by atoms with van der Waals surface area (Å²) in [5, 5.41) is 3.31. The molecule has 0 aromatic carbocycles. The second-order valence-electron chi connectivity index (χ2n) is 7.78. The van der Waals surface area contributed by atoms with Crippen LogP contribution in [0.5, 0.6) is 0 Å². The van der Waals surface area contributed by atoms with E-state index in [4.69, 9.17) is 13.4 Å². The lowest BCUT2D eigenvalue weighted by molar-refractivity contribution is -0.122. The maximum Gasteiger partial charge on any atom is 0.264 e. The van der Waals surface area contributed by atoms with Crippen LogP contribution in [0.2, 0.25) is 0 Å². The molecule has 1 heterocycles. The lowest BCUT2D eigenvalue weighted by Gasteiger charge is -2.24. The van der Waals surface area contributed by atoms with Crippen LogP contribution in [0.3, 0.4) is 0 Å². The van der Waals surface area contributed by atoms with E-state index in [1.807, 2.05) is 0 Å². The molecule has 3 aliphatic rings. The van der Waals surface area contributed by atoms with Gasteiger partial charge < -0.3 is 5.32 Å². The highest BCUT2D eigenvalue weighted by atomic mass is 32.2. The summed E-state index contributed by atoms with van der Waals surface area (Å²) in [7, 11) is -7.28. The number of nitrogens with zero attached hydrogens (tertiary/aromatic N) is 1. The van der Waals surface area contributed by atoms with E-state index >= 15 is 0 Å². The van der Waals surface area contributed by atoms with Crippen LogP contribution in [0.15, 0.2) is 4.99 Å². The van der Waals surface area contributed by atoms with Crippen molar-refractivity contribution < 1.29 is 30.0 Å². The molecule has 2 aliphatic carbocycles. The molecule has 1 aliphatic heterocycles. The van der Waals surface area contributed by atoms with Crippen LogP contribution in [0.25, 0.3) is 0 Å². The molecule has 0 spiro atoms. The van der Waals surface area contributed by atoms with E-state index in [-0.39, 0.29) is 38.0 Å². The Kier molecular flexibility index (Phi) is 6.45. The monoisotopic (exact) mass is 454 g/mol. The highest BCUT2D eigenvalue weighted by Gasteiger charge is 2.47. The van der Waals surface area contributed by atoms with Crippen molar-refractivity contribution in [2.45, 2.75) is 49.3 Å². The van der Waals surface area contributed by atoms with Crippen LogP contribution in [-0.4, -0.2) is 64.4 Å². The van der Waals surface area contributed by atoms with Crippen LogP contribution in [-0.2, 0) is 33.4 Å². The molecule has 1 amide bonds. The average molecular weight is 455 g/mol. The fourth-order valence-electron chi connectivity index (χ4n) is 4.22. The molecule has 3 atom stereocenters. The number of hydrogen-bond donors (Lipinski definition) is 1. The largest absolute Gasteiger partial charge is 0.304 e. The van der Waals surface area contributed by atoms with Crippen molar-refractivity contribution in [3.05, 3.63) is 0 Å². The van der Waals surface area contributed by atoms with Gasteiger partial charge in [0, 0.05) is 0 Å². The van der Waals surface area contributed by atoms with Crippen molar-refractivity contribution in [2.75, 3.05) is 25.7 Å². The number of aliphatic imine (C=N–C) groups is 1. The summed E-state index contributed by atoms with van der Waals surface area (Å²) in [6.07, 6.45) is 6.72. The lowest BCUT2D eigenvalue weighted by atomic mass is 9.96. The molecule has 9 nitrogen and oxygen atoms in total. The van der Waals surface area contributed by atoms with Crippen molar-refractivity contribution in [1.29, 1.82) is 0 Å². The van der Waals surface area contributed by atoms with Crippen molar-refractivity contribution in [2.24, 2.45) is 16.8 Å². The molecule has 3 fully saturated rings. The molecule has 3 rings (SSSR count). The Hall–Kier alpha value is -0.690. The van der Waals surface area contributed by atoms with Crippen LogP contribution < -0.4 is 5.32 Å². The summed E-state index contributed by atoms with van der Waals surface area (Å²) >= 11 is 1.22. The van der Waals surface area contributed by atoms with Gasteiger partial charge in [0.05, 0.1) is 31.8 Å². The normalized spacial score (nSPS) is 30.9. The minimum absolute atomic E-state index is 0.0967. The molecule has 1 N–H and O–H groups in total. The zero-order chi connectivity index (χ0) is 20.6. The van der Waals surface area contributed by atoms with E-state index < -0.39 is 25.0 Å². The topological polar surface area (TPSA) is 128 Å². The van der Waals surface area contributed by atoms with Gasteiger partial charge in [-0.1, -0.05) is 18.2 Å². The number of carbonyl (C=O) groups is 1. The Morgan fingerprint density at radius 3 is 2.14 bits per heavy atom. The molecule has 2 saturated carbocycles. The Labute approximate surface area is 170 Å². The van der Waals surface area contributed by atoms with Gasteiger partial charge >= 0.3 is 0 Å². The summed E-state index contributed by atoms with van der Waals surface area (Å²) in [6.45, 7) is -0.362. The van der Waals surface area contributed by atoms with E-state index in [2.05, 4.69) is 5.32 Å². The number of amides is 1. The van der Waals surface area contributed by atoms with Crippen LogP contribution >= 0.6 is 11.8 Å². The zero-order valence-corrected chi connectivity index (χ0v) is 18.4. The van der Waals surface area contributed by atoms with Crippen molar-refractivity contribution in [3.63, 3.8) is 0 Å². The first-order valence-corrected chi connectivity index (χ1v) is 13.7. The van der Waals surface area contributed by atoms with Gasteiger partial charge in [-0.15, -0.1) is 0 Å². The number of nitrogens with one attached hydrogen (secondary N) is 1. The lowest BCUT2D eigenvalue weighted by Crippen LogP contribution is -2.39. The smallest absolute Gasteiger partial charge is 0.264 e. The fourth-order valence-corrected chi connectivity index (χ4v) is 6.21. The minimum atomic E-state index is -3.64. The maximum absolute atomic E-state index is 12.7. The predicted molar refractivity (Wildman–Crippen MR) is 106 cm³/mol. The van der Waals surface area contributed by atoms with Crippen LogP contribution in [0.1, 0.15) is 38.5 Å². The average Bonchev–Trinajstić information content (AvgIpc) is 3.21. The first kappa shape index (κ1) is 22.0. The molecule has 0 aromatic rings. The van der Waals surface area contributed by atoms with Crippen LogP contribution in [0, 0.1) is 11.8 Å². The molecule has 0 radical (unpaired) electrons. The van der Waals surface area contributed by atoms with E-state index in [0.717, 1.165) is 24.9 Å². The van der Waals surface area contributed by atoms with E-state index in [9.17, 15) is 21.6 Å². The molecule has 3 unspecified atom stereocenters. The fraction of sp³-hybridized carbons (Fsp3) is 0.875. The van der Waals surface area contributed by atoms with E-state index in [1.165, 1.54) is 31.0 Å². The zero-order valence-electron chi connectivity index (χ0n) is 15.9. The Bertz CT molecular complexity index is 815. The first-order valence-electron chi connectivity index (χ1n) is 9.23. The summed E-state index contributed by atoms with van der Waals surface area (Å²) in [6, 6.07) is 0.205. The van der Waals surface area contributed by atoms with Gasteiger partial charge in [0.15, 0.2) is 5.17 Å². The Balaban J connectivity index is 1.70. The van der Waals surface area contributed by atoms with Gasteiger partial charge in [-0.3, -0.25) is 18.2 Å². The van der Waals surface area contributed by atoms with Gasteiger partial charge in [0.2, 0.25) is 5.91 Å². The van der Waals surface area contributed by atoms with Gasteiger partial charge in [0.1, 0.15) is 4.75 Å². The second-order valence-corrected chi connectivity index (χ2v) is 12.4. The first-order chi connectivity index (χ1) is 13.0. The van der Waals surface area contributed by atoms with Gasteiger partial charge in [0.25, 0.3) is 20.2 Å². The molecular formula is C16H26N2O7S3. The summed E-state index contributed by atoms with van der Waals surface area (Å²) in [5.41, 5.74) is 0. The number of fused-ring (bicyclic) bond motifs is 2. The number of amidine groups is 1. The summed E-state index contributed by atoms with van der Waals surface area (Å²) in [4.78, 5) is 17.5. The van der Waals surface area contributed by atoms with E-state index in [0.29, 0.717) is 11.1 Å². The number of hydrogen-bond acceptors (Lipinski definition) is 9. The molecule has 28 heavy (non-hydrogen) atoms. The molecular weight excluding hydrogens is 428 g/mol. The number of carbonyl (C=O) groups excluding carboxylic acids is 1. The number of rotatable bonds is 9. The third kappa shape index (κ3) is 5.68. The molecule has 1 saturated heterocycles. The predicted octanol–water partition coefficient (Wildman–Crippen LogP) is 0.865. The van der Waals surface area contributed by atoms with Crippen molar-refractivity contribution >= 4 is 43.1 Å². The Morgan fingerprint density at radius 2 is 1.68 bits per heavy atom. The highest BCUT2D eigenvalue weighted by Crippen LogP contribution is 2.47. The molecule has 0 aromatic heterocycles. The summed E-state index contributed by atoms with van der Waals surface area (Å²) < 4.78 is 53.5. The molecule has 160 valence electrons. The minimum Gasteiger partial charge on any atom is -0.304 e. The molecule has 2 bridgehead atoms. The molecule has 12 heteroatoms. The van der Waals surface area contributed by atoms with Crippen molar-refractivity contribution in [3.8, 4) is 0 Å².